The van der Waals surface area contributed by atoms with Gasteiger partial charge in [-0.05, 0) is 55.6 Å². The van der Waals surface area contributed by atoms with Crippen molar-refractivity contribution in [2.24, 2.45) is 0 Å². The number of hydrogen-bond donors (Lipinski definition) is 1. The molecule has 0 amide bonds. The Labute approximate surface area is 169 Å². The van der Waals surface area contributed by atoms with Gasteiger partial charge in [-0.2, -0.15) is 0 Å². The molecule has 2 heteroatoms. The number of benzene rings is 2. The predicted octanol–water partition coefficient (Wildman–Crippen LogP) is 6.28. The zero-order chi connectivity index (χ0) is 19.4. The molecule has 2 aromatic carbocycles. The van der Waals surface area contributed by atoms with Gasteiger partial charge in [-0.1, -0.05) is 73.9 Å². The van der Waals surface area contributed by atoms with Crippen LogP contribution in [0.25, 0.3) is 11.3 Å². The summed E-state index contributed by atoms with van der Waals surface area (Å²) in [5.74, 6) is 0. The third-order valence-electron chi connectivity index (χ3n) is 6.50. The van der Waals surface area contributed by atoms with Crippen molar-refractivity contribution in [3.8, 4) is 11.3 Å². The second-order valence-corrected chi connectivity index (χ2v) is 8.07. The first-order valence-electron chi connectivity index (χ1n) is 10.5. The number of pyridine rings is 1. The third kappa shape index (κ3) is 3.62. The standard InChI is InChI=1S/C26H30N2/c1-20(27-2)21-9-13-23(14-10-21)26(17-5-3-6-18-26)24-15-11-22(12-16-24)25-8-4-7-19-28-25/h4,7-16,19-20,27H,3,5-6,17-18H2,1-2H3. The summed E-state index contributed by atoms with van der Waals surface area (Å²) in [5, 5.41) is 3.34. The van der Waals surface area contributed by atoms with Crippen LogP contribution < -0.4 is 5.32 Å². The fourth-order valence-corrected chi connectivity index (χ4v) is 4.65. The van der Waals surface area contributed by atoms with Gasteiger partial charge in [0.25, 0.3) is 0 Å². The SMILES string of the molecule is CNC(C)c1ccc(C2(c3ccc(-c4ccccn4)cc3)CCCCC2)cc1. The second-order valence-electron chi connectivity index (χ2n) is 8.07. The molecule has 1 aliphatic carbocycles. The Morgan fingerprint density at radius 3 is 2.04 bits per heavy atom. The van der Waals surface area contributed by atoms with E-state index in [9.17, 15) is 0 Å². The molecule has 1 saturated carbocycles. The molecule has 0 aliphatic heterocycles. The summed E-state index contributed by atoms with van der Waals surface area (Å²) in [4.78, 5) is 4.49. The van der Waals surface area contributed by atoms with Gasteiger partial charge in [-0.3, -0.25) is 4.98 Å². The maximum Gasteiger partial charge on any atom is 0.0701 e. The van der Waals surface area contributed by atoms with Crippen LogP contribution in [0.1, 0.15) is 61.8 Å². The minimum absolute atomic E-state index is 0.141. The Balaban J connectivity index is 1.69. The van der Waals surface area contributed by atoms with Crippen molar-refractivity contribution in [1.29, 1.82) is 0 Å². The van der Waals surface area contributed by atoms with Gasteiger partial charge in [0, 0.05) is 23.2 Å². The number of hydrogen-bond acceptors (Lipinski definition) is 2. The van der Waals surface area contributed by atoms with Gasteiger partial charge in [0.15, 0.2) is 0 Å². The fraction of sp³-hybridized carbons (Fsp3) is 0.346. The van der Waals surface area contributed by atoms with Crippen molar-refractivity contribution in [3.05, 3.63) is 89.6 Å². The zero-order valence-corrected chi connectivity index (χ0v) is 17.0. The molecule has 2 nitrogen and oxygen atoms in total. The van der Waals surface area contributed by atoms with Crippen molar-refractivity contribution in [3.63, 3.8) is 0 Å². The minimum Gasteiger partial charge on any atom is -0.313 e. The molecule has 1 aliphatic rings. The van der Waals surface area contributed by atoms with Gasteiger partial charge in [-0.25, -0.2) is 0 Å². The van der Waals surface area contributed by atoms with Crippen LogP contribution in [0, 0.1) is 0 Å². The third-order valence-corrected chi connectivity index (χ3v) is 6.50. The Bertz CT molecular complexity index is 876. The second kappa shape index (κ2) is 8.28. The van der Waals surface area contributed by atoms with Crippen LogP contribution in [0.15, 0.2) is 72.9 Å². The highest BCUT2D eigenvalue weighted by atomic mass is 14.8. The van der Waals surface area contributed by atoms with Gasteiger partial charge in [0.1, 0.15) is 0 Å². The molecular weight excluding hydrogens is 340 g/mol. The van der Waals surface area contributed by atoms with Crippen molar-refractivity contribution in [2.75, 3.05) is 7.05 Å². The predicted molar refractivity (Wildman–Crippen MR) is 117 cm³/mol. The lowest BCUT2D eigenvalue weighted by atomic mass is 9.65. The molecule has 0 radical (unpaired) electrons. The average molecular weight is 371 g/mol. The van der Waals surface area contributed by atoms with E-state index in [1.54, 1.807) is 0 Å². The zero-order valence-electron chi connectivity index (χ0n) is 17.0. The summed E-state index contributed by atoms with van der Waals surface area (Å²) in [6, 6.07) is 24.9. The van der Waals surface area contributed by atoms with E-state index >= 15 is 0 Å². The Morgan fingerprint density at radius 2 is 1.46 bits per heavy atom. The van der Waals surface area contributed by atoms with Gasteiger partial charge in [0.2, 0.25) is 0 Å². The fourth-order valence-electron chi connectivity index (χ4n) is 4.65. The van der Waals surface area contributed by atoms with E-state index in [4.69, 9.17) is 0 Å². The molecule has 3 aromatic rings. The lowest BCUT2D eigenvalue weighted by molar-refractivity contribution is 0.346. The lowest BCUT2D eigenvalue weighted by Gasteiger charge is -2.39. The summed E-state index contributed by atoms with van der Waals surface area (Å²) >= 11 is 0. The van der Waals surface area contributed by atoms with Gasteiger partial charge >= 0.3 is 0 Å². The van der Waals surface area contributed by atoms with Crippen molar-refractivity contribution in [1.82, 2.24) is 10.3 Å². The monoisotopic (exact) mass is 370 g/mol. The molecule has 0 saturated heterocycles. The molecule has 1 fully saturated rings. The summed E-state index contributed by atoms with van der Waals surface area (Å²) in [6.07, 6.45) is 8.28. The molecule has 1 unspecified atom stereocenters. The number of nitrogens with one attached hydrogen (secondary N) is 1. The van der Waals surface area contributed by atoms with Crippen molar-refractivity contribution in [2.45, 2.75) is 50.5 Å². The molecule has 1 aromatic heterocycles. The van der Waals surface area contributed by atoms with E-state index < -0.39 is 0 Å². The first kappa shape index (κ1) is 18.9. The first-order valence-corrected chi connectivity index (χ1v) is 10.5. The Morgan fingerprint density at radius 1 is 0.821 bits per heavy atom. The van der Waals surface area contributed by atoms with Gasteiger partial charge in [-0.15, -0.1) is 0 Å². The number of aromatic nitrogens is 1. The summed E-state index contributed by atoms with van der Waals surface area (Å²) < 4.78 is 0. The van der Waals surface area contributed by atoms with Crippen LogP contribution in [-0.4, -0.2) is 12.0 Å². The average Bonchev–Trinajstić information content (AvgIpc) is 2.80. The van der Waals surface area contributed by atoms with Crippen LogP contribution in [0.2, 0.25) is 0 Å². The molecule has 1 atom stereocenters. The normalized spacial score (nSPS) is 17.2. The lowest BCUT2D eigenvalue weighted by Crippen LogP contribution is -2.30. The molecule has 0 spiro atoms. The molecule has 144 valence electrons. The number of rotatable bonds is 5. The van der Waals surface area contributed by atoms with Crippen molar-refractivity contribution < 1.29 is 0 Å². The van der Waals surface area contributed by atoms with E-state index in [-0.39, 0.29) is 5.41 Å². The largest absolute Gasteiger partial charge is 0.313 e. The summed E-state index contributed by atoms with van der Waals surface area (Å²) in [5.41, 5.74) is 6.63. The minimum atomic E-state index is 0.141. The Kier molecular flexibility index (Phi) is 5.59. The van der Waals surface area contributed by atoms with Crippen LogP contribution in [0.4, 0.5) is 0 Å². The highest BCUT2D eigenvalue weighted by Crippen LogP contribution is 2.45. The topological polar surface area (TPSA) is 24.9 Å². The molecule has 28 heavy (non-hydrogen) atoms. The molecular formula is C26H30N2. The van der Waals surface area contributed by atoms with E-state index in [2.05, 4.69) is 71.8 Å². The Hall–Kier alpha value is -2.45. The smallest absolute Gasteiger partial charge is 0.0701 e. The van der Waals surface area contributed by atoms with E-state index in [0.29, 0.717) is 6.04 Å². The molecule has 1 N–H and O–H groups in total. The first-order chi connectivity index (χ1) is 13.7. The van der Waals surface area contributed by atoms with Crippen LogP contribution in [-0.2, 0) is 5.41 Å². The highest BCUT2D eigenvalue weighted by molar-refractivity contribution is 5.60. The van der Waals surface area contributed by atoms with Crippen LogP contribution in [0.5, 0.6) is 0 Å². The van der Waals surface area contributed by atoms with Gasteiger partial charge in [0.05, 0.1) is 5.69 Å². The van der Waals surface area contributed by atoms with E-state index in [0.717, 1.165) is 5.69 Å². The molecule has 4 rings (SSSR count). The quantitative estimate of drug-likeness (QED) is 0.572. The van der Waals surface area contributed by atoms with Crippen LogP contribution in [0.3, 0.4) is 0 Å². The van der Waals surface area contributed by atoms with Crippen molar-refractivity contribution >= 4 is 0 Å². The van der Waals surface area contributed by atoms with E-state index in [1.807, 2.05) is 25.4 Å². The highest BCUT2D eigenvalue weighted by Gasteiger charge is 2.35. The molecule has 0 bridgehead atoms. The maximum absolute atomic E-state index is 4.49. The maximum atomic E-state index is 4.49. The number of nitrogens with zero attached hydrogens (tertiary/aromatic N) is 1. The van der Waals surface area contributed by atoms with Crippen LogP contribution >= 0.6 is 0 Å². The van der Waals surface area contributed by atoms with Gasteiger partial charge < -0.3 is 5.32 Å². The summed E-state index contributed by atoms with van der Waals surface area (Å²) in [6.45, 7) is 2.21. The summed E-state index contributed by atoms with van der Waals surface area (Å²) in [7, 11) is 2.02. The molecule has 1 heterocycles. The van der Waals surface area contributed by atoms with E-state index in [1.165, 1.54) is 54.4 Å².